The largest absolute Gasteiger partial charge is 0.377 e. The van der Waals surface area contributed by atoms with Gasteiger partial charge in [-0.3, -0.25) is 14.6 Å². The lowest BCUT2D eigenvalue weighted by molar-refractivity contribution is 0.0950. The quantitative estimate of drug-likeness (QED) is 0.743. The molecule has 0 fully saturated rings. The lowest BCUT2D eigenvalue weighted by Gasteiger charge is -2.21. The molecule has 164 valence electrons. The van der Waals surface area contributed by atoms with E-state index in [1.165, 1.54) is 0 Å². The van der Waals surface area contributed by atoms with Crippen LogP contribution in [0.5, 0.6) is 0 Å². The van der Waals surface area contributed by atoms with Gasteiger partial charge in [-0.05, 0) is 74.1 Å². The molecule has 0 radical (unpaired) electrons. The number of benzene rings is 1. The average Bonchev–Trinajstić information content (AvgIpc) is 2.72. The van der Waals surface area contributed by atoms with Crippen molar-refractivity contribution < 1.29 is 4.79 Å². The molecular formula is C25H32N4O2. The summed E-state index contributed by atoms with van der Waals surface area (Å²) in [4.78, 5) is 34.9. The molecule has 2 aromatic rings. The van der Waals surface area contributed by atoms with Crippen molar-refractivity contribution in [1.82, 2.24) is 10.3 Å². The number of nitrogens with one attached hydrogen (secondary N) is 2. The number of hydrogen-bond donors (Lipinski definition) is 2. The lowest BCUT2D eigenvalue weighted by Crippen LogP contribution is -2.29. The van der Waals surface area contributed by atoms with Gasteiger partial charge in [0, 0.05) is 49.4 Å². The molecule has 31 heavy (non-hydrogen) atoms. The molecule has 2 heterocycles. The molecule has 0 saturated heterocycles. The number of rotatable bonds is 6. The van der Waals surface area contributed by atoms with Crippen LogP contribution in [-0.2, 0) is 6.54 Å². The zero-order valence-electron chi connectivity index (χ0n) is 19.3. The number of amides is 1. The Morgan fingerprint density at radius 2 is 1.97 bits per heavy atom. The van der Waals surface area contributed by atoms with E-state index in [1.54, 1.807) is 0 Å². The van der Waals surface area contributed by atoms with Crippen LogP contribution in [0.25, 0.3) is 5.57 Å². The number of carbonyl (C=O) groups is 1. The smallest absolute Gasteiger partial charge is 0.253 e. The van der Waals surface area contributed by atoms with E-state index < -0.39 is 0 Å². The molecule has 1 aliphatic heterocycles. The number of allylic oxidation sites excluding steroid dienone is 1. The van der Waals surface area contributed by atoms with Crippen molar-refractivity contribution in [2.45, 2.75) is 53.1 Å². The molecule has 6 heteroatoms. The Morgan fingerprint density at radius 1 is 1.23 bits per heavy atom. The van der Waals surface area contributed by atoms with E-state index in [2.05, 4.69) is 34.4 Å². The van der Waals surface area contributed by atoms with Gasteiger partial charge < -0.3 is 15.2 Å². The van der Waals surface area contributed by atoms with Crippen molar-refractivity contribution in [3.8, 4) is 0 Å². The van der Waals surface area contributed by atoms with Gasteiger partial charge in [-0.15, -0.1) is 0 Å². The Kier molecular flexibility index (Phi) is 6.78. The third kappa shape index (κ3) is 4.95. The predicted octanol–water partition coefficient (Wildman–Crippen LogP) is 3.93. The van der Waals surface area contributed by atoms with Crippen LogP contribution < -0.4 is 15.8 Å². The SMILES string of the molecule is CCC1CC=C(c2cc(C(=O)NCc3c(C)cc(C)[nH]c3=O)c(C)c(N(C)C)c2)C=N1. The number of aliphatic imine (C=N–C) groups is 1. The van der Waals surface area contributed by atoms with Crippen LogP contribution in [0, 0.1) is 20.8 Å². The summed E-state index contributed by atoms with van der Waals surface area (Å²) in [5.41, 5.74) is 6.60. The predicted molar refractivity (Wildman–Crippen MR) is 128 cm³/mol. The number of nitrogens with zero attached hydrogens (tertiary/aromatic N) is 2. The molecule has 6 nitrogen and oxygen atoms in total. The van der Waals surface area contributed by atoms with Gasteiger partial charge in [-0.2, -0.15) is 0 Å². The molecule has 1 atom stereocenters. The minimum atomic E-state index is -0.193. The normalized spacial score (nSPS) is 15.5. The monoisotopic (exact) mass is 420 g/mol. The number of dihydropyridines is 1. The molecule has 1 aromatic carbocycles. The maximum Gasteiger partial charge on any atom is 0.253 e. The van der Waals surface area contributed by atoms with Crippen LogP contribution >= 0.6 is 0 Å². The zero-order valence-corrected chi connectivity index (χ0v) is 19.3. The van der Waals surface area contributed by atoms with Gasteiger partial charge >= 0.3 is 0 Å². The minimum Gasteiger partial charge on any atom is -0.377 e. The van der Waals surface area contributed by atoms with Gasteiger partial charge in [0.25, 0.3) is 11.5 Å². The Morgan fingerprint density at radius 3 is 2.55 bits per heavy atom. The number of carbonyl (C=O) groups excluding carboxylic acids is 1. The van der Waals surface area contributed by atoms with Crippen LogP contribution in [0.15, 0.2) is 34.1 Å². The Balaban J connectivity index is 1.92. The van der Waals surface area contributed by atoms with Crippen molar-refractivity contribution in [3.63, 3.8) is 0 Å². The van der Waals surface area contributed by atoms with Crippen LogP contribution in [0.3, 0.4) is 0 Å². The summed E-state index contributed by atoms with van der Waals surface area (Å²) in [7, 11) is 3.94. The van der Waals surface area contributed by atoms with E-state index in [-0.39, 0.29) is 18.0 Å². The highest BCUT2D eigenvalue weighted by atomic mass is 16.1. The number of aryl methyl sites for hydroxylation is 2. The average molecular weight is 421 g/mol. The van der Waals surface area contributed by atoms with Crippen molar-refractivity contribution in [1.29, 1.82) is 0 Å². The highest BCUT2D eigenvalue weighted by molar-refractivity contribution is 6.11. The van der Waals surface area contributed by atoms with Gasteiger partial charge in [0.2, 0.25) is 0 Å². The molecular weight excluding hydrogens is 388 g/mol. The number of pyridine rings is 1. The second-order valence-electron chi connectivity index (χ2n) is 8.42. The maximum absolute atomic E-state index is 13.1. The fourth-order valence-electron chi connectivity index (χ4n) is 3.96. The Labute approximate surface area is 184 Å². The molecule has 0 aliphatic carbocycles. The van der Waals surface area contributed by atoms with Crippen LogP contribution in [0.2, 0.25) is 0 Å². The Hall–Kier alpha value is -3.15. The first-order valence-corrected chi connectivity index (χ1v) is 10.7. The van der Waals surface area contributed by atoms with E-state index in [4.69, 9.17) is 0 Å². The molecule has 1 aromatic heterocycles. The highest BCUT2D eigenvalue weighted by Gasteiger charge is 2.18. The molecule has 1 amide bonds. The van der Waals surface area contributed by atoms with E-state index in [0.717, 1.165) is 46.5 Å². The second-order valence-corrected chi connectivity index (χ2v) is 8.42. The molecule has 0 bridgehead atoms. The highest BCUT2D eigenvalue weighted by Crippen LogP contribution is 2.29. The van der Waals surface area contributed by atoms with E-state index in [9.17, 15) is 9.59 Å². The maximum atomic E-state index is 13.1. The van der Waals surface area contributed by atoms with E-state index in [1.807, 2.05) is 58.1 Å². The van der Waals surface area contributed by atoms with Crippen LogP contribution in [0.1, 0.15) is 58.1 Å². The van der Waals surface area contributed by atoms with Crippen molar-refractivity contribution in [2.24, 2.45) is 4.99 Å². The van der Waals surface area contributed by atoms with Crippen molar-refractivity contribution >= 4 is 23.4 Å². The minimum absolute atomic E-state index is 0.161. The zero-order chi connectivity index (χ0) is 22.7. The number of anilines is 1. The molecule has 1 aliphatic rings. The summed E-state index contributed by atoms with van der Waals surface area (Å²) in [6.07, 6.45) is 6.04. The second kappa shape index (κ2) is 9.33. The van der Waals surface area contributed by atoms with Gasteiger partial charge in [-0.25, -0.2) is 0 Å². The fraction of sp³-hybridized carbons (Fsp3) is 0.400. The summed E-state index contributed by atoms with van der Waals surface area (Å²) in [5.74, 6) is -0.193. The van der Waals surface area contributed by atoms with Gasteiger partial charge in [0.1, 0.15) is 0 Å². The topological polar surface area (TPSA) is 77.6 Å². The first-order valence-electron chi connectivity index (χ1n) is 10.7. The molecule has 1 unspecified atom stereocenters. The summed E-state index contributed by atoms with van der Waals surface area (Å²) in [5, 5.41) is 2.94. The molecule has 3 rings (SSSR count). The first kappa shape index (κ1) is 22.5. The third-order valence-electron chi connectivity index (χ3n) is 5.87. The number of hydrogen-bond acceptors (Lipinski definition) is 4. The summed E-state index contributed by atoms with van der Waals surface area (Å²) < 4.78 is 0. The number of aromatic amines is 1. The number of H-pyrrole nitrogens is 1. The number of aromatic nitrogens is 1. The van der Waals surface area contributed by atoms with E-state index >= 15 is 0 Å². The first-order chi connectivity index (χ1) is 14.7. The fourth-order valence-corrected chi connectivity index (χ4v) is 3.96. The summed E-state index contributed by atoms with van der Waals surface area (Å²) in [6.45, 7) is 8.01. The molecule has 2 N–H and O–H groups in total. The Bertz CT molecular complexity index is 1110. The molecule has 0 spiro atoms. The standard InChI is InChI=1S/C25H32N4O2/c1-7-20-9-8-18(13-26-20)19-11-21(17(4)23(12-19)29(5)6)24(30)27-14-22-15(2)10-16(3)28-25(22)31/h8,10-13,20H,7,9,14H2,1-6H3,(H,27,30)(H,28,31). The van der Waals surface area contributed by atoms with Crippen LogP contribution in [-0.4, -0.2) is 37.2 Å². The van der Waals surface area contributed by atoms with Gasteiger partial charge in [0.15, 0.2) is 0 Å². The van der Waals surface area contributed by atoms with Crippen LogP contribution in [0.4, 0.5) is 5.69 Å². The van der Waals surface area contributed by atoms with E-state index in [0.29, 0.717) is 17.2 Å². The summed E-state index contributed by atoms with van der Waals surface area (Å²) in [6, 6.07) is 6.28. The van der Waals surface area contributed by atoms with Crippen molar-refractivity contribution in [2.75, 3.05) is 19.0 Å². The third-order valence-corrected chi connectivity index (χ3v) is 5.87. The summed E-state index contributed by atoms with van der Waals surface area (Å²) >= 11 is 0. The molecule has 0 saturated carbocycles. The lowest BCUT2D eigenvalue weighted by atomic mass is 9.94. The van der Waals surface area contributed by atoms with Gasteiger partial charge in [-0.1, -0.05) is 13.0 Å². The van der Waals surface area contributed by atoms with Gasteiger partial charge in [0.05, 0.1) is 6.04 Å². The van der Waals surface area contributed by atoms with Crippen molar-refractivity contribution in [3.05, 3.63) is 68.1 Å².